The van der Waals surface area contributed by atoms with Crippen molar-refractivity contribution >= 4 is 23.5 Å². The van der Waals surface area contributed by atoms with Gasteiger partial charge in [-0.25, -0.2) is 15.0 Å². The van der Waals surface area contributed by atoms with Gasteiger partial charge in [0.05, 0.1) is 18.8 Å². The minimum atomic E-state index is -0.282. The predicted octanol–water partition coefficient (Wildman–Crippen LogP) is 0.585. The molecule has 4 heterocycles. The summed E-state index contributed by atoms with van der Waals surface area (Å²) in [5, 5.41) is 5.39. The fraction of sp³-hybridized carbons (Fsp3) is 0.611. The van der Waals surface area contributed by atoms with Gasteiger partial charge in [-0.05, 0) is 18.9 Å². The second-order valence-electron chi connectivity index (χ2n) is 7.05. The van der Waals surface area contributed by atoms with Crippen LogP contribution in [0.4, 0.5) is 5.95 Å². The Morgan fingerprint density at radius 2 is 2.04 bits per heavy atom. The van der Waals surface area contributed by atoms with E-state index < -0.39 is 0 Å². The Hall–Kier alpha value is -2.55. The molecule has 0 radical (unpaired) electrons. The summed E-state index contributed by atoms with van der Waals surface area (Å²) in [4.78, 5) is 37.4. The van der Waals surface area contributed by atoms with Crippen LogP contribution in [0.5, 0.6) is 0 Å². The van der Waals surface area contributed by atoms with Gasteiger partial charge in [-0.15, -0.1) is 0 Å². The molecule has 0 unspecified atom stereocenters. The first-order valence-corrected chi connectivity index (χ1v) is 9.44. The van der Waals surface area contributed by atoms with Crippen molar-refractivity contribution in [2.45, 2.75) is 31.8 Å². The molecule has 1 aromatic rings. The van der Waals surface area contributed by atoms with Gasteiger partial charge in [-0.3, -0.25) is 9.59 Å². The highest BCUT2D eigenvalue weighted by molar-refractivity contribution is 6.39. The number of rotatable bonds is 3. The molecule has 0 bridgehead atoms. The number of nitrogens with zero attached hydrogens (tertiary/aromatic N) is 6. The van der Waals surface area contributed by atoms with Crippen molar-refractivity contribution < 1.29 is 14.3 Å². The number of hydrazone groups is 1. The first-order chi connectivity index (χ1) is 13.1. The number of aromatic nitrogens is 2. The molecule has 144 valence electrons. The van der Waals surface area contributed by atoms with Crippen molar-refractivity contribution in [1.82, 2.24) is 19.9 Å². The summed E-state index contributed by atoms with van der Waals surface area (Å²) in [6, 6.07) is 1.85. The summed E-state index contributed by atoms with van der Waals surface area (Å²) >= 11 is 0. The Morgan fingerprint density at radius 1 is 1.22 bits per heavy atom. The Labute approximate surface area is 158 Å². The van der Waals surface area contributed by atoms with E-state index in [1.165, 1.54) is 5.01 Å². The highest BCUT2D eigenvalue weighted by Gasteiger charge is 2.31. The number of hydrogen-bond donors (Lipinski definition) is 0. The molecule has 2 fully saturated rings. The third-order valence-electron chi connectivity index (χ3n) is 5.19. The number of carbonyl (C=O) groups excluding carboxylic acids is 2. The van der Waals surface area contributed by atoms with E-state index in [1.807, 2.05) is 6.07 Å². The van der Waals surface area contributed by atoms with E-state index in [-0.39, 0.29) is 17.9 Å². The maximum Gasteiger partial charge on any atom is 0.270 e. The van der Waals surface area contributed by atoms with E-state index in [1.54, 1.807) is 18.1 Å². The predicted molar refractivity (Wildman–Crippen MR) is 98.2 cm³/mol. The van der Waals surface area contributed by atoms with Crippen LogP contribution in [0.1, 0.15) is 37.5 Å². The summed E-state index contributed by atoms with van der Waals surface area (Å²) in [7, 11) is 1.58. The summed E-state index contributed by atoms with van der Waals surface area (Å²) in [6.07, 6.45) is 4.50. The molecule has 4 rings (SSSR count). The van der Waals surface area contributed by atoms with Crippen LogP contribution in [0.15, 0.2) is 17.4 Å². The lowest BCUT2D eigenvalue weighted by Crippen LogP contribution is -2.47. The van der Waals surface area contributed by atoms with Gasteiger partial charge in [0.2, 0.25) is 11.9 Å². The van der Waals surface area contributed by atoms with Gasteiger partial charge in [0.1, 0.15) is 11.8 Å². The third kappa shape index (κ3) is 3.78. The lowest BCUT2D eigenvalue weighted by Gasteiger charge is -2.33. The molecular formula is C18H24N6O3. The monoisotopic (exact) mass is 372 g/mol. The van der Waals surface area contributed by atoms with Crippen LogP contribution in [0.2, 0.25) is 0 Å². The van der Waals surface area contributed by atoms with E-state index in [0.29, 0.717) is 38.2 Å². The van der Waals surface area contributed by atoms with Crippen LogP contribution < -0.4 is 4.90 Å². The number of carbonyl (C=O) groups is 2. The largest absolute Gasteiger partial charge is 0.368 e. The zero-order chi connectivity index (χ0) is 18.8. The average Bonchev–Trinajstić information content (AvgIpc) is 3.25. The van der Waals surface area contributed by atoms with Gasteiger partial charge in [0.15, 0.2) is 0 Å². The number of amides is 2. The van der Waals surface area contributed by atoms with Crippen LogP contribution in [0.25, 0.3) is 0 Å². The quantitative estimate of drug-likeness (QED) is 0.771. The van der Waals surface area contributed by atoms with Crippen molar-refractivity contribution in [3.05, 3.63) is 18.0 Å². The fourth-order valence-electron chi connectivity index (χ4n) is 3.63. The molecule has 0 N–H and O–H groups in total. The van der Waals surface area contributed by atoms with Gasteiger partial charge in [-0.1, -0.05) is 0 Å². The molecule has 0 aliphatic carbocycles. The smallest absolute Gasteiger partial charge is 0.270 e. The standard InChI is InChI=1S/C18H24N6O3/c1-22-16(25)5-4-14(21-22)17(26)24-10-11-27-15(12-24)13-6-7-19-18(20-13)23-8-2-3-9-23/h6-7,15H,2-5,8-12H2,1H3/t15-/m0/s1. The van der Waals surface area contributed by atoms with Gasteiger partial charge in [0.25, 0.3) is 5.91 Å². The van der Waals surface area contributed by atoms with Crippen LogP contribution in [-0.2, 0) is 14.3 Å². The van der Waals surface area contributed by atoms with Gasteiger partial charge < -0.3 is 14.5 Å². The number of hydrogen-bond acceptors (Lipinski definition) is 7. The Balaban J connectivity index is 1.47. The molecule has 27 heavy (non-hydrogen) atoms. The van der Waals surface area contributed by atoms with Crippen molar-refractivity contribution in [3.8, 4) is 0 Å². The molecule has 0 aromatic carbocycles. The molecule has 9 heteroatoms. The molecule has 0 saturated carbocycles. The normalized spacial score (nSPS) is 23.6. The summed E-state index contributed by atoms with van der Waals surface area (Å²) in [5.41, 5.74) is 1.22. The van der Waals surface area contributed by atoms with Crippen molar-refractivity contribution in [2.75, 3.05) is 44.7 Å². The number of ether oxygens (including phenoxy) is 1. The van der Waals surface area contributed by atoms with E-state index in [0.717, 1.165) is 37.6 Å². The Bertz CT molecular complexity index is 761. The number of morpholine rings is 1. The number of anilines is 1. The molecule has 1 atom stereocenters. The van der Waals surface area contributed by atoms with Crippen molar-refractivity contribution in [2.24, 2.45) is 5.10 Å². The molecule has 0 spiro atoms. The zero-order valence-electron chi connectivity index (χ0n) is 15.5. The van der Waals surface area contributed by atoms with E-state index in [4.69, 9.17) is 4.74 Å². The van der Waals surface area contributed by atoms with Crippen LogP contribution in [-0.4, -0.2) is 77.2 Å². The highest BCUT2D eigenvalue weighted by Crippen LogP contribution is 2.24. The SMILES string of the molecule is CN1N=C(C(=O)N2CCO[C@H](c3ccnc(N4CCCC4)n3)C2)CCC1=O. The molecule has 3 aliphatic heterocycles. The molecule has 2 saturated heterocycles. The third-order valence-corrected chi connectivity index (χ3v) is 5.19. The summed E-state index contributed by atoms with van der Waals surface area (Å²) in [6.45, 7) is 3.33. The topological polar surface area (TPSA) is 91.2 Å². The minimum Gasteiger partial charge on any atom is -0.368 e. The Kier molecular flexibility index (Phi) is 5.02. The molecule has 9 nitrogen and oxygen atoms in total. The lowest BCUT2D eigenvalue weighted by molar-refractivity contribution is -0.133. The van der Waals surface area contributed by atoms with E-state index in [2.05, 4.69) is 20.0 Å². The molecule has 3 aliphatic rings. The van der Waals surface area contributed by atoms with Crippen LogP contribution >= 0.6 is 0 Å². The second kappa shape index (κ2) is 7.59. The van der Waals surface area contributed by atoms with Crippen molar-refractivity contribution in [1.29, 1.82) is 0 Å². The fourth-order valence-corrected chi connectivity index (χ4v) is 3.63. The van der Waals surface area contributed by atoms with Gasteiger partial charge in [0, 0.05) is 45.7 Å². The van der Waals surface area contributed by atoms with Crippen LogP contribution in [0, 0.1) is 0 Å². The zero-order valence-corrected chi connectivity index (χ0v) is 15.5. The molecule has 1 aromatic heterocycles. The summed E-state index contributed by atoms with van der Waals surface area (Å²) in [5.74, 6) is 0.534. The maximum atomic E-state index is 12.8. The van der Waals surface area contributed by atoms with E-state index in [9.17, 15) is 9.59 Å². The van der Waals surface area contributed by atoms with E-state index >= 15 is 0 Å². The molecular weight excluding hydrogens is 348 g/mol. The highest BCUT2D eigenvalue weighted by atomic mass is 16.5. The average molecular weight is 372 g/mol. The maximum absolute atomic E-state index is 12.8. The minimum absolute atomic E-state index is 0.0677. The Morgan fingerprint density at radius 3 is 2.81 bits per heavy atom. The van der Waals surface area contributed by atoms with Crippen molar-refractivity contribution in [3.63, 3.8) is 0 Å². The first kappa shape index (κ1) is 17.8. The lowest BCUT2D eigenvalue weighted by atomic mass is 10.1. The summed E-state index contributed by atoms with van der Waals surface area (Å²) < 4.78 is 5.88. The van der Waals surface area contributed by atoms with Gasteiger partial charge >= 0.3 is 0 Å². The van der Waals surface area contributed by atoms with Crippen LogP contribution in [0.3, 0.4) is 0 Å². The van der Waals surface area contributed by atoms with Gasteiger partial charge in [-0.2, -0.15) is 5.10 Å². The second-order valence-corrected chi connectivity index (χ2v) is 7.05. The molecule has 2 amide bonds. The first-order valence-electron chi connectivity index (χ1n) is 9.44.